The van der Waals surface area contributed by atoms with Crippen LogP contribution >= 0.6 is 11.8 Å². The molecule has 1 N–H and O–H groups in total. The number of rotatable bonds is 5. The SMILES string of the molecule is Cc1cc(C)cc(NC(=O)[C@@H](Sc2nnnn2C)c2ccccc2)c1. The van der Waals surface area contributed by atoms with Gasteiger partial charge < -0.3 is 5.32 Å². The van der Waals surface area contributed by atoms with Gasteiger partial charge in [0.25, 0.3) is 0 Å². The van der Waals surface area contributed by atoms with Gasteiger partial charge in [0.2, 0.25) is 11.1 Å². The van der Waals surface area contributed by atoms with Gasteiger partial charge in [-0.1, -0.05) is 48.2 Å². The number of aromatic nitrogens is 4. The van der Waals surface area contributed by atoms with Gasteiger partial charge in [-0.3, -0.25) is 4.79 Å². The molecule has 0 fully saturated rings. The monoisotopic (exact) mass is 353 g/mol. The first-order chi connectivity index (χ1) is 12.0. The van der Waals surface area contributed by atoms with Gasteiger partial charge in [0.1, 0.15) is 5.25 Å². The van der Waals surface area contributed by atoms with Crippen LogP contribution in [0.1, 0.15) is 21.9 Å². The third-order valence-electron chi connectivity index (χ3n) is 3.63. The maximum atomic E-state index is 13.0. The molecule has 1 amide bonds. The Morgan fingerprint density at radius 2 is 1.80 bits per heavy atom. The maximum Gasteiger partial charge on any atom is 0.242 e. The Morgan fingerprint density at radius 3 is 2.40 bits per heavy atom. The van der Waals surface area contributed by atoms with Crippen LogP contribution in [-0.4, -0.2) is 26.1 Å². The van der Waals surface area contributed by atoms with E-state index >= 15 is 0 Å². The molecular formula is C18H19N5OS. The van der Waals surface area contributed by atoms with Crippen molar-refractivity contribution in [2.75, 3.05) is 5.32 Å². The Balaban J connectivity index is 1.88. The lowest BCUT2D eigenvalue weighted by Gasteiger charge is -2.16. The largest absolute Gasteiger partial charge is 0.325 e. The molecule has 0 saturated heterocycles. The van der Waals surface area contributed by atoms with Crippen LogP contribution in [0.5, 0.6) is 0 Å². The number of hydrogen-bond acceptors (Lipinski definition) is 5. The van der Waals surface area contributed by atoms with Gasteiger partial charge in [-0.15, -0.1) is 5.10 Å². The van der Waals surface area contributed by atoms with Crippen molar-refractivity contribution < 1.29 is 4.79 Å². The Morgan fingerprint density at radius 1 is 1.12 bits per heavy atom. The zero-order chi connectivity index (χ0) is 17.8. The highest BCUT2D eigenvalue weighted by atomic mass is 32.2. The highest BCUT2D eigenvalue weighted by Crippen LogP contribution is 2.34. The van der Waals surface area contributed by atoms with Crippen LogP contribution in [0.2, 0.25) is 0 Å². The first kappa shape index (κ1) is 17.2. The second-order valence-corrected chi connectivity index (χ2v) is 6.93. The van der Waals surface area contributed by atoms with Gasteiger partial charge in [-0.2, -0.15) is 0 Å². The number of anilines is 1. The van der Waals surface area contributed by atoms with E-state index in [9.17, 15) is 4.79 Å². The van der Waals surface area contributed by atoms with E-state index in [0.717, 1.165) is 22.4 Å². The molecule has 2 aromatic carbocycles. The average molecular weight is 353 g/mol. The van der Waals surface area contributed by atoms with Crippen LogP contribution in [0.15, 0.2) is 53.7 Å². The van der Waals surface area contributed by atoms with Crippen LogP contribution in [0.25, 0.3) is 0 Å². The summed E-state index contributed by atoms with van der Waals surface area (Å²) in [7, 11) is 1.76. The summed E-state index contributed by atoms with van der Waals surface area (Å²) in [4.78, 5) is 13.0. The molecule has 0 saturated carbocycles. The lowest BCUT2D eigenvalue weighted by molar-refractivity contribution is -0.115. The molecule has 25 heavy (non-hydrogen) atoms. The van der Waals surface area contributed by atoms with E-state index in [0.29, 0.717) is 5.16 Å². The number of nitrogens with one attached hydrogen (secondary N) is 1. The molecule has 3 aromatic rings. The van der Waals surface area contributed by atoms with Gasteiger partial charge >= 0.3 is 0 Å². The third kappa shape index (κ3) is 4.24. The van der Waals surface area contributed by atoms with Crippen molar-refractivity contribution in [3.05, 3.63) is 65.2 Å². The fraction of sp³-hybridized carbons (Fsp3) is 0.222. The van der Waals surface area contributed by atoms with E-state index in [-0.39, 0.29) is 5.91 Å². The highest BCUT2D eigenvalue weighted by Gasteiger charge is 2.24. The van der Waals surface area contributed by atoms with E-state index in [4.69, 9.17) is 0 Å². The lowest BCUT2D eigenvalue weighted by atomic mass is 10.1. The predicted molar refractivity (Wildman–Crippen MR) is 98.4 cm³/mol. The lowest BCUT2D eigenvalue weighted by Crippen LogP contribution is -2.19. The summed E-state index contributed by atoms with van der Waals surface area (Å²) >= 11 is 1.33. The van der Waals surface area contributed by atoms with E-state index in [2.05, 4.69) is 26.9 Å². The molecule has 0 unspecified atom stereocenters. The molecular weight excluding hydrogens is 334 g/mol. The zero-order valence-corrected chi connectivity index (χ0v) is 15.1. The molecule has 6 nitrogen and oxygen atoms in total. The molecule has 1 aromatic heterocycles. The number of carbonyl (C=O) groups excluding carboxylic acids is 1. The number of thioether (sulfide) groups is 1. The predicted octanol–water partition coefficient (Wildman–Crippen LogP) is 3.30. The smallest absolute Gasteiger partial charge is 0.242 e. The Labute approximate surface area is 150 Å². The summed E-state index contributed by atoms with van der Waals surface area (Å²) in [5, 5.41) is 14.6. The quantitative estimate of drug-likeness (QED) is 0.713. The summed E-state index contributed by atoms with van der Waals surface area (Å²) < 4.78 is 1.56. The molecule has 0 radical (unpaired) electrons. The molecule has 7 heteroatoms. The zero-order valence-electron chi connectivity index (χ0n) is 14.3. The standard InChI is InChI=1S/C18H19N5OS/c1-12-9-13(2)11-15(10-12)19-17(24)16(14-7-5-4-6-8-14)25-18-20-21-22-23(18)3/h4-11,16H,1-3H3,(H,19,24)/t16-/m0/s1. The van der Waals surface area contributed by atoms with Crippen molar-refractivity contribution >= 4 is 23.4 Å². The summed E-state index contributed by atoms with van der Waals surface area (Å²) in [6, 6.07) is 15.6. The van der Waals surface area contributed by atoms with Crippen molar-refractivity contribution in [3.8, 4) is 0 Å². The molecule has 0 spiro atoms. The summed E-state index contributed by atoms with van der Waals surface area (Å²) in [6.07, 6.45) is 0. The number of aryl methyl sites for hydroxylation is 3. The Hall–Kier alpha value is -2.67. The van der Waals surface area contributed by atoms with Crippen molar-refractivity contribution in [3.63, 3.8) is 0 Å². The van der Waals surface area contributed by atoms with Gasteiger partial charge in [0, 0.05) is 12.7 Å². The number of amides is 1. The molecule has 0 bridgehead atoms. The molecule has 0 aliphatic carbocycles. The number of benzene rings is 2. The number of hydrogen-bond donors (Lipinski definition) is 1. The fourth-order valence-electron chi connectivity index (χ4n) is 2.58. The molecule has 0 aliphatic heterocycles. The highest BCUT2D eigenvalue weighted by molar-refractivity contribution is 8.00. The molecule has 1 atom stereocenters. The van der Waals surface area contributed by atoms with Crippen molar-refractivity contribution in [2.45, 2.75) is 24.3 Å². The van der Waals surface area contributed by atoms with Gasteiger partial charge in [-0.25, -0.2) is 4.68 Å². The van der Waals surface area contributed by atoms with E-state index < -0.39 is 5.25 Å². The summed E-state index contributed by atoms with van der Waals surface area (Å²) in [5.74, 6) is -0.107. The normalized spacial score (nSPS) is 12.0. The molecule has 3 rings (SSSR count). The second-order valence-electron chi connectivity index (χ2n) is 5.86. The number of tetrazole rings is 1. The third-order valence-corrected chi connectivity index (χ3v) is 4.91. The van der Waals surface area contributed by atoms with E-state index in [1.807, 2.05) is 56.3 Å². The molecule has 0 aliphatic rings. The van der Waals surface area contributed by atoms with Crippen LogP contribution in [0.4, 0.5) is 5.69 Å². The molecule has 1 heterocycles. The van der Waals surface area contributed by atoms with Gasteiger partial charge in [0.05, 0.1) is 0 Å². The van der Waals surface area contributed by atoms with Crippen molar-refractivity contribution in [2.24, 2.45) is 7.05 Å². The topological polar surface area (TPSA) is 72.7 Å². The van der Waals surface area contributed by atoms with Gasteiger partial charge in [0.15, 0.2) is 0 Å². The summed E-state index contributed by atoms with van der Waals surface area (Å²) in [5.41, 5.74) is 3.91. The first-order valence-electron chi connectivity index (χ1n) is 7.86. The Bertz CT molecular complexity index is 858. The van der Waals surface area contributed by atoms with Crippen LogP contribution < -0.4 is 5.32 Å². The maximum absolute atomic E-state index is 13.0. The average Bonchev–Trinajstić information content (AvgIpc) is 2.97. The minimum Gasteiger partial charge on any atom is -0.325 e. The van der Waals surface area contributed by atoms with Crippen LogP contribution in [0, 0.1) is 13.8 Å². The van der Waals surface area contributed by atoms with Crippen LogP contribution in [-0.2, 0) is 11.8 Å². The minimum atomic E-state index is -0.452. The second kappa shape index (κ2) is 7.48. The summed E-state index contributed by atoms with van der Waals surface area (Å²) in [6.45, 7) is 4.02. The fourth-order valence-corrected chi connectivity index (χ4v) is 3.52. The van der Waals surface area contributed by atoms with Crippen molar-refractivity contribution in [1.82, 2.24) is 20.2 Å². The Kier molecular flexibility index (Phi) is 5.14. The van der Waals surface area contributed by atoms with E-state index in [1.165, 1.54) is 11.8 Å². The number of carbonyl (C=O) groups is 1. The van der Waals surface area contributed by atoms with E-state index in [1.54, 1.807) is 11.7 Å². The minimum absolute atomic E-state index is 0.107. The van der Waals surface area contributed by atoms with Crippen molar-refractivity contribution in [1.29, 1.82) is 0 Å². The van der Waals surface area contributed by atoms with Gasteiger partial charge in [-0.05, 0) is 53.1 Å². The van der Waals surface area contributed by atoms with Crippen LogP contribution in [0.3, 0.4) is 0 Å². The molecule has 128 valence electrons. The first-order valence-corrected chi connectivity index (χ1v) is 8.74. The number of nitrogens with zero attached hydrogens (tertiary/aromatic N) is 4.